The molecular formula is C10H12BrN3O3. The number of nitrogens with zero attached hydrogens (tertiary/aromatic N) is 1. The van der Waals surface area contributed by atoms with Gasteiger partial charge in [0.05, 0.1) is 20.4 Å². The van der Waals surface area contributed by atoms with Crippen molar-refractivity contribution in [3.05, 3.63) is 22.2 Å². The average molecular weight is 302 g/mol. The molecule has 7 heteroatoms. The van der Waals surface area contributed by atoms with E-state index in [2.05, 4.69) is 26.5 Å². The summed E-state index contributed by atoms with van der Waals surface area (Å²) in [5.74, 6) is 1.16. The van der Waals surface area contributed by atoms with E-state index in [4.69, 9.17) is 15.2 Å². The average Bonchev–Trinajstić information content (AvgIpc) is 2.30. The summed E-state index contributed by atoms with van der Waals surface area (Å²) in [6, 6.07) is 2.73. The summed E-state index contributed by atoms with van der Waals surface area (Å²) in [4.78, 5) is 10.4. The number of primary amides is 1. The van der Waals surface area contributed by atoms with Gasteiger partial charge in [0, 0.05) is 10.0 Å². The lowest BCUT2D eigenvalue weighted by molar-refractivity contribution is 0.249. The monoisotopic (exact) mass is 301 g/mol. The minimum absolute atomic E-state index is 0.566. The van der Waals surface area contributed by atoms with E-state index in [0.29, 0.717) is 11.5 Å². The molecule has 0 unspecified atom stereocenters. The van der Waals surface area contributed by atoms with Crippen molar-refractivity contribution in [3.8, 4) is 11.5 Å². The zero-order chi connectivity index (χ0) is 12.8. The third-order valence-electron chi connectivity index (χ3n) is 1.88. The van der Waals surface area contributed by atoms with Crippen LogP contribution in [0.2, 0.25) is 0 Å². The number of halogens is 1. The van der Waals surface area contributed by atoms with Crippen LogP contribution in [0.4, 0.5) is 4.79 Å². The molecule has 0 radical (unpaired) electrons. The fourth-order valence-corrected chi connectivity index (χ4v) is 1.56. The van der Waals surface area contributed by atoms with Crippen LogP contribution in [0.25, 0.3) is 0 Å². The molecule has 3 N–H and O–H groups in total. The van der Waals surface area contributed by atoms with Crippen LogP contribution in [0.5, 0.6) is 11.5 Å². The van der Waals surface area contributed by atoms with E-state index in [1.807, 2.05) is 0 Å². The van der Waals surface area contributed by atoms with E-state index in [0.717, 1.165) is 10.0 Å². The van der Waals surface area contributed by atoms with Gasteiger partial charge in [-0.3, -0.25) is 0 Å². The Labute approximate surface area is 107 Å². The fraction of sp³-hybridized carbons (Fsp3) is 0.200. The maximum absolute atomic E-state index is 10.4. The zero-order valence-electron chi connectivity index (χ0n) is 9.36. The number of methoxy groups -OCH3 is 2. The number of hydrazone groups is 1. The third kappa shape index (κ3) is 3.63. The summed E-state index contributed by atoms with van der Waals surface area (Å²) >= 11 is 3.35. The topological polar surface area (TPSA) is 85.9 Å². The molecule has 0 aliphatic rings. The van der Waals surface area contributed by atoms with E-state index < -0.39 is 6.03 Å². The predicted octanol–water partition coefficient (Wildman–Crippen LogP) is 1.47. The van der Waals surface area contributed by atoms with E-state index in [9.17, 15) is 4.79 Å². The number of hydrogen-bond donors (Lipinski definition) is 2. The Hall–Kier alpha value is -1.76. The molecular weight excluding hydrogens is 290 g/mol. The van der Waals surface area contributed by atoms with Gasteiger partial charge in [0.2, 0.25) is 0 Å². The molecule has 17 heavy (non-hydrogen) atoms. The first-order valence-corrected chi connectivity index (χ1v) is 5.37. The summed E-state index contributed by atoms with van der Waals surface area (Å²) in [5, 5.41) is 3.66. The molecule has 1 aromatic carbocycles. The molecule has 0 saturated carbocycles. The predicted molar refractivity (Wildman–Crippen MR) is 67.6 cm³/mol. The van der Waals surface area contributed by atoms with Gasteiger partial charge < -0.3 is 15.2 Å². The van der Waals surface area contributed by atoms with Gasteiger partial charge >= 0.3 is 6.03 Å². The van der Waals surface area contributed by atoms with Crippen LogP contribution in [-0.2, 0) is 0 Å². The number of carbonyl (C=O) groups excluding carboxylic acids is 1. The summed E-state index contributed by atoms with van der Waals surface area (Å²) in [6.45, 7) is 0. The van der Waals surface area contributed by atoms with Gasteiger partial charge in [-0.2, -0.15) is 5.10 Å². The lowest BCUT2D eigenvalue weighted by Crippen LogP contribution is -2.24. The minimum Gasteiger partial charge on any atom is -0.493 e. The molecule has 0 aliphatic carbocycles. The molecule has 0 fully saturated rings. The Bertz CT molecular complexity index is 449. The van der Waals surface area contributed by atoms with E-state index in [1.54, 1.807) is 19.2 Å². The van der Waals surface area contributed by atoms with Crippen molar-refractivity contribution >= 4 is 28.2 Å². The number of urea groups is 1. The second-order valence-corrected chi connectivity index (χ2v) is 3.82. The standard InChI is InChI=1S/C10H12BrN3O3/c1-16-8-3-6(5-13-14-10(12)15)7(11)4-9(8)17-2/h3-5H,1-2H3,(H3,12,14,15). The lowest BCUT2D eigenvalue weighted by atomic mass is 10.2. The number of nitrogens with two attached hydrogens (primary N) is 1. The van der Waals surface area contributed by atoms with Gasteiger partial charge in [-0.25, -0.2) is 10.2 Å². The first-order valence-electron chi connectivity index (χ1n) is 4.58. The fourth-order valence-electron chi connectivity index (χ4n) is 1.13. The molecule has 0 heterocycles. The molecule has 6 nitrogen and oxygen atoms in total. The Morgan fingerprint density at radius 1 is 1.41 bits per heavy atom. The smallest absolute Gasteiger partial charge is 0.332 e. The normalized spacial score (nSPS) is 10.3. The number of hydrogen-bond acceptors (Lipinski definition) is 4. The summed E-state index contributed by atoms with van der Waals surface area (Å²) in [7, 11) is 3.08. The number of rotatable bonds is 4. The van der Waals surface area contributed by atoms with Crippen molar-refractivity contribution in [2.45, 2.75) is 0 Å². The summed E-state index contributed by atoms with van der Waals surface area (Å²) in [5.41, 5.74) is 7.70. The van der Waals surface area contributed by atoms with Crippen molar-refractivity contribution in [3.63, 3.8) is 0 Å². The van der Waals surface area contributed by atoms with Gasteiger partial charge in [-0.05, 0) is 28.1 Å². The molecule has 0 saturated heterocycles. The number of benzene rings is 1. The molecule has 92 valence electrons. The number of amides is 2. The third-order valence-corrected chi connectivity index (χ3v) is 2.57. The van der Waals surface area contributed by atoms with Crippen LogP contribution in [0, 0.1) is 0 Å². The van der Waals surface area contributed by atoms with E-state index in [1.165, 1.54) is 13.3 Å². The molecule has 0 bridgehead atoms. The van der Waals surface area contributed by atoms with Crippen molar-refractivity contribution in [1.29, 1.82) is 0 Å². The first-order chi connectivity index (χ1) is 8.08. The molecule has 1 rings (SSSR count). The number of carbonyl (C=O) groups is 1. The highest BCUT2D eigenvalue weighted by Crippen LogP contribution is 2.32. The zero-order valence-corrected chi connectivity index (χ0v) is 10.9. The lowest BCUT2D eigenvalue weighted by Gasteiger charge is -2.09. The number of nitrogens with one attached hydrogen (secondary N) is 1. The Morgan fingerprint density at radius 2 is 2.00 bits per heavy atom. The van der Waals surface area contributed by atoms with Crippen LogP contribution >= 0.6 is 15.9 Å². The van der Waals surface area contributed by atoms with Crippen LogP contribution < -0.4 is 20.6 Å². The molecule has 1 aromatic rings. The second kappa shape index (κ2) is 6.09. The molecule has 0 spiro atoms. The number of ether oxygens (including phenoxy) is 2. The Balaban J connectivity index is 3.00. The SMILES string of the molecule is COc1cc(Br)c(C=NNC(N)=O)cc1OC. The first kappa shape index (κ1) is 13.3. The van der Waals surface area contributed by atoms with Gasteiger partial charge in [0.15, 0.2) is 11.5 Å². The van der Waals surface area contributed by atoms with Crippen molar-refractivity contribution in [2.24, 2.45) is 10.8 Å². The van der Waals surface area contributed by atoms with E-state index >= 15 is 0 Å². The van der Waals surface area contributed by atoms with Crippen LogP contribution in [0.1, 0.15) is 5.56 Å². The highest BCUT2D eigenvalue weighted by molar-refractivity contribution is 9.10. The van der Waals surface area contributed by atoms with Crippen LogP contribution in [0.15, 0.2) is 21.7 Å². The summed E-state index contributed by atoms with van der Waals surface area (Å²) < 4.78 is 11.0. The maximum Gasteiger partial charge on any atom is 0.332 e. The maximum atomic E-state index is 10.4. The molecule has 0 aromatic heterocycles. The molecule has 2 amide bonds. The summed E-state index contributed by atoms with van der Waals surface area (Å²) in [6.07, 6.45) is 1.44. The second-order valence-electron chi connectivity index (χ2n) is 2.96. The highest BCUT2D eigenvalue weighted by atomic mass is 79.9. The van der Waals surface area contributed by atoms with E-state index in [-0.39, 0.29) is 0 Å². The quantitative estimate of drug-likeness (QED) is 0.652. The van der Waals surface area contributed by atoms with Crippen LogP contribution in [-0.4, -0.2) is 26.5 Å². The Morgan fingerprint density at radius 3 is 2.53 bits per heavy atom. The van der Waals surface area contributed by atoms with Crippen molar-refractivity contribution in [1.82, 2.24) is 5.43 Å². The Kier molecular flexibility index (Phi) is 4.77. The van der Waals surface area contributed by atoms with Gasteiger partial charge in [0.1, 0.15) is 0 Å². The van der Waals surface area contributed by atoms with Crippen LogP contribution in [0.3, 0.4) is 0 Å². The van der Waals surface area contributed by atoms with Crippen molar-refractivity contribution in [2.75, 3.05) is 14.2 Å². The molecule has 0 aliphatic heterocycles. The van der Waals surface area contributed by atoms with Gasteiger partial charge in [-0.15, -0.1) is 0 Å². The van der Waals surface area contributed by atoms with Crippen molar-refractivity contribution < 1.29 is 14.3 Å². The van der Waals surface area contributed by atoms with Gasteiger partial charge in [-0.1, -0.05) is 0 Å². The molecule has 0 atom stereocenters. The minimum atomic E-state index is -0.724. The largest absolute Gasteiger partial charge is 0.493 e. The van der Waals surface area contributed by atoms with Gasteiger partial charge in [0.25, 0.3) is 0 Å². The highest BCUT2D eigenvalue weighted by Gasteiger charge is 2.07.